The largest absolute Gasteiger partial charge is 0.543 e. The third kappa shape index (κ3) is 6.52. The number of hydrogen-bond acceptors (Lipinski definition) is 7. The van der Waals surface area contributed by atoms with Gasteiger partial charge in [0.1, 0.15) is 29.2 Å². The number of nitrogens with two attached hydrogens (primary N) is 1. The Morgan fingerprint density at radius 3 is 2.54 bits per heavy atom. The molecule has 0 saturated heterocycles. The van der Waals surface area contributed by atoms with Crippen molar-refractivity contribution < 1.29 is 14.0 Å². The molecule has 3 heterocycles. The van der Waals surface area contributed by atoms with Crippen LogP contribution in [0.25, 0.3) is 33.3 Å². The van der Waals surface area contributed by atoms with Crippen molar-refractivity contribution in [3.8, 4) is 17.1 Å². The zero-order valence-corrected chi connectivity index (χ0v) is 25.3. The van der Waals surface area contributed by atoms with Crippen LogP contribution < -0.4 is 15.5 Å². The first-order valence-electron chi connectivity index (χ1n) is 13.4. The summed E-state index contributed by atoms with van der Waals surface area (Å²) in [5, 5.41) is 9.54. The lowest BCUT2D eigenvalue weighted by molar-refractivity contribution is 0.0527. The summed E-state index contributed by atoms with van der Waals surface area (Å²) in [6.45, 7) is 17.9. The number of alkyl carbamates (subject to hydrolysis) is 1. The summed E-state index contributed by atoms with van der Waals surface area (Å²) in [6, 6.07) is 8.20. The topological polar surface area (TPSA) is 133 Å². The molecule has 0 bridgehead atoms. The van der Waals surface area contributed by atoms with Gasteiger partial charge in [0.05, 0.1) is 11.1 Å². The molecule has 10 nitrogen and oxygen atoms in total. The van der Waals surface area contributed by atoms with E-state index in [1.54, 1.807) is 0 Å². The predicted molar refractivity (Wildman–Crippen MR) is 158 cm³/mol. The van der Waals surface area contributed by atoms with Crippen LogP contribution in [0.2, 0.25) is 18.1 Å². The van der Waals surface area contributed by atoms with Crippen LogP contribution in [0.3, 0.4) is 0 Å². The molecule has 210 valence electrons. The number of ether oxygens (including phenoxy) is 1. The smallest absolute Gasteiger partial charge is 0.407 e. The van der Waals surface area contributed by atoms with Gasteiger partial charge in [-0.3, -0.25) is 0 Å². The molecule has 0 spiro atoms. The third-order valence-electron chi connectivity index (χ3n) is 7.05. The van der Waals surface area contributed by atoms with Gasteiger partial charge in [-0.2, -0.15) is 5.10 Å². The molecule has 0 unspecified atom stereocenters. The van der Waals surface area contributed by atoms with E-state index in [0.717, 1.165) is 35.2 Å². The zero-order valence-electron chi connectivity index (χ0n) is 24.3. The van der Waals surface area contributed by atoms with Gasteiger partial charge in [-0.15, -0.1) is 0 Å². The van der Waals surface area contributed by atoms with Gasteiger partial charge >= 0.3 is 6.09 Å². The van der Waals surface area contributed by atoms with Crippen molar-refractivity contribution in [3.63, 3.8) is 0 Å². The highest BCUT2D eigenvalue weighted by atomic mass is 28.4. The number of amides is 1. The quantitative estimate of drug-likeness (QED) is 0.174. The predicted octanol–water partition coefficient (Wildman–Crippen LogP) is 6.25. The molecular weight excluding hydrogens is 510 g/mol. The highest BCUT2D eigenvalue weighted by molar-refractivity contribution is 6.74. The molecular formula is C28H41N7O3Si. The van der Waals surface area contributed by atoms with Crippen molar-refractivity contribution in [2.75, 3.05) is 12.3 Å². The second-order valence-electron chi connectivity index (χ2n) is 12.5. The van der Waals surface area contributed by atoms with Crippen LogP contribution in [-0.4, -0.2) is 51.3 Å². The summed E-state index contributed by atoms with van der Waals surface area (Å²) in [5.74, 6) is 1.26. The molecule has 0 saturated carbocycles. The van der Waals surface area contributed by atoms with Crippen molar-refractivity contribution >= 4 is 42.2 Å². The minimum atomic E-state index is -1.96. The van der Waals surface area contributed by atoms with Crippen LogP contribution in [-0.2, 0) is 11.3 Å². The van der Waals surface area contributed by atoms with Gasteiger partial charge in [-0.25, -0.2) is 19.4 Å². The van der Waals surface area contributed by atoms with Crippen LogP contribution in [0.4, 0.5) is 10.6 Å². The molecule has 0 atom stereocenters. The van der Waals surface area contributed by atoms with E-state index in [1.165, 1.54) is 6.33 Å². The first-order chi connectivity index (χ1) is 18.1. The highest BCUT2D eigenvalue weighted by Gasteiger charge is 2.39. The second-order valence-corrected chi connectivity index (χ2v) is 17.2. The summed E-state index contributed by atoms with van der Waals surface area (Å²) < 4.78 is 13.7. The molecule has 1 amide bonds. The lowest BCUT2D eigenvalue weighted by Gasteiger charge is -2.36. The number of nitrogens with zero attached hydrogens (tertiary/aromatic N) is 4. The molecule has 11 heteroatoms. The number of nitrogens with one attached hydrogen (secondary N) is 2. The normalized spacial score (nSPS) is 12.7. The van der Waals surface area contributed by atoms with E-state index < -0.39 is 20.0 Å². The summed E-state index contributed by atoms with van der Waals surface area (Å²) in [6.07, 6.45) is 2.60. The molecule has 0 radical (unpaired) electrons. The van der Waals surface area contributed by atoms with Crippen molar-refractivity contribution in [2.45, 2.75) is 84.7 Å². The standard InChI is InChI=1S/C28H41N7O3Si/c1-27(2,3)37-26(36)30-13-9-10-14-35-25-22(24(29)31-17-32-25)23(34-35)21-16-18-15-19(11-12-20(18)33-21)38-39(7,8)28(4,5)6/h11-12,15-17,33H,9-10,13-14H2,1-8H3,(H,30,36)(H2,29,31,32). The van der Waals surface area contributed by atoms with E-state index in [-0.39, 0.29) is 5.04 Å². The van der Waals surface area contributed by atoms with Crippen LogP contribution in [0.5, 0.6) is 5.75 Å². The van der Waals surface area contributed by atoms with Gasteiger partial charge in [-0.1, -0.05) is 20.8 Å². The van der Waals surface area contributed by atoms with Gasteiger partial charge in [-0.05, 0) is 76.0 Å². The molecule has 1 aromatic carbocycles. The van der Waals surface area contributed by atoms with E-state index >= 15 is 0 Å². The summed E-state index contributed by atoms with van der Waals surface area (Å²) >= 11 is 0. The Hall–Kier alpha value is -3.60. The third-order valence-corrected chi connectivity index (χ3v) is 11.4. The lowest BCUT2D eigenvalue weighted by atomic mass is 10.2. The molecule has 0 fully saturated rings. The number of aromatic nitrogens is 5. The van der Waals surface area contributed by atoms with E-state index in [9.17, 15) is 4.79 Å². The number of carbonyl (C=O) groups is 1. The number of carbonyl (C=O) groups excluding carboxylic acids is 1. The Morgan fingerprint density at radius 2 is 1.85 bits per heavy atom. The van der Waals surface area contributed by atoms with Gasteiger partial charge < -0.3 is 25.2 Å². The van der Waals surface area contributed by atoms with Crippen molar-refractivity contribution in [1.29, 1.82) is 0 Å². The van der Waals surface area contributed by atoms with E-state index in [4.69, 9.17) is 20.0 Å². The SMILES string of the molecule is CC(C)(C)OC(=O)NCCCCn1nc(-c2cc3cc(O[Si](C)(C)C(C)(C)C)ccc3[nH]2)c2c(N)ncnc21. The monoisotopic (exact) mass is 551 g/mol. The average Bonchev–Trinajstić information content (AvgIpc) is 3.38. The number of aromatic amines is 1. The number of H-pyrrole nitrogens is 1. The molecule has 0 aliphatic rings. The Labute approximate surface area is 230 Å². The van der Waals surface area contributed by atoms with E-state index in [2.05, 4.69) is 66.3 Å². The molecule has 4 rings (SSSR count). The summed E-state index contributed by atoms with van der Waals surface area (Å²) in [7, 11) is -1.96. The van der Waals surface area contributed by atoms with Crippen molar-refractivity contribution in [3.05, 3.63) is 30.6 Å². The first-order valence-corrected chi connectivity index (χ1v) is 16.3. The summed E-state index contributed by atoms with van der Waals surface area (Å²) in [4.78, 5) is 24.1. The maximum Gasteiger partial charge on any atom is 0.407 e. The second kappa shape index (κ2) is 10.5. The molecule has 0 aliphatic heterocycles. The number of nitrogen functional groups attached to an aromatic ring is 1. The molecule has 4 N–H and O–H groups in total. The Kier molecular flexibility index (Phi) is 7.66. The fourth-order valence-electron chi connectivity index (χ4n) is 4.02. The maximum absolute atomic E-state index is 11.9. The van der Waals surface area contributed by atoms with Gasteiger partial charge in [0.2, 0.25) is 8.32 Å². The van der Waals surface area contributed by atoms with Gasteiger partial charge in [0, 0.05) is 24.0 Å². The van der Waals surface area contributed by atoms with Gasteiger partial charge in [0.15, 0.2) is 5.65 Å². The number of benzene rings is 1. The molecule has 39 heavy (non-hydrogen) atoms. The number of unbranched alkanes of at least 4 members (excludes halogenated alkanes) is 1. The van der Waals surface area contributed by atoms with Crippen LogP contribution in [0.15, 0.2) is 30.6 Å². The number of anilines is 1. The van der Waals surface area contributed by atoms with Crippen LogP contribution >= 0.6 is 0 Å². The Morgan fingerprint density at radius 1 is 1.10 bits per heavy atom. The average molecular weight is 552 g/mol. The Balaban J connectivity index is 1.53. The number of aryl methyl sites for hydroxylation is 1. The fraction of sp³-hybridized carbons (Fsp3) is 0.500. The molecule has 0 aliphatic carbocycles. The summed E-state index contributed by atoms with van der Waals surface area (Å²) in [5.41, 5.74) is 8.99. The molecule has 4 aromatic rings. The minimum absolute atomic E-state index is 0.111. The van der Waals surface area contributed by atoms with Crippen molar-refractivity contribution in [2.24, 2.45) is 0 Å². The highest BCUT2D eigenvalue weighted by Crippen LogP contribution is 2.38. The maximum atomic E-state index is 11.9. The number of fused-ring (bicyclic) bond motifs is 2. The fourth-order valence-corrected chi connectivity index (χ4v) is 5.04. The van der Waals surface area contributed by atoms with E-state index in [0.29, 0.717) is 35.6 Å². The van der Waals surface area contributed by atoms with Crippen LogP contribution in [0.1, 0.15) is 54.4 Å². The Bertz CT molecular complexity index is 1480. The first kappa shape index (κ1) is 28.4. The van der Waals surface area contributed by atoms with Gasteiger partial charge in [0.25, 0.3) is 0 Å². The lowest BCUT2D eigenvalue weighted by Crippen LogP contribution is -2.43. The van der Waals surface area contributed by atoms with E-state index in [1.807, 2.05) is 37.6 Å². The van der Waals surface area contributed by atoms with Crippen molar-refractivity contribution in [1.82, 2.24) is 30.0 Å². The number of hydrogen-bond donors (Lipinski definition) is 3. The minimum Gasteiger partial charge on any atom is -0.543 e. The number of rotatable bonds is 8. The van der Waals surface area contributed by atoms with Crippen LogP contribution in [0, 0.1) is 0 Å². The zero-order chi connectivity index (χ0) is 28.6. The molecule has 3 aromatic heterocycles.